The van der Waals surface area contributed by atoms with Gasteiger partial charge in [-0.1, -0.05) is 38.8 Å². The van der Waals surface area contributed by atoms with Crippen LogP contribution in [0.4, 0.5) is 5.69 Å². The lowest BCUT2D eigenvalue weighted by Crippen LogP contribution is -2.23. The van der Waals surface area contributed by atoms with Crippen molar-refractivity contribution in [3.63, 3.8) is 0 Å². The zero-order valence-electron chi connectivity index (χ0n) is 12.4. The zero-order chi connectivity index (χ0) is 15.0. The molecule has 0 unspecified atom stereocenters. The monoisotopic (exact) mass is 277 g/mol. The highest BCUT2D eigenvalue weighted by Gasteiger charge is 2.18. The lowest BCUT2D eigenvalue weighted by molar-refractivity contribution is -0.120. The molecule has 0 radical (unpaired) electrons. The molecule has 0 bridgehead atoms. The van der Waals surface area contributed by atoms with Crippen LogP contribution in [-0.4, -0.2) is 19.0 Å². The molecule has 1 rings (SSSR count). The minimum Gasteiger partial charge on any atom is -0.465 e. The summed E-state index contributed by atoms with van der Waals surface area (Å²) in [5, 5.41) is 2.85. The van der Waals surface area contributed by atoms with Gasteiger partial charge in [0, 0.05) is 5.92 Å². The van der Waals surface area contributed by atoms with Crippen molar-refractivity contribution in [3.8, 4) is 0 Å². The molecule has 1 aromatic rings. The predicted molar refractivity (Wildman–Crippen MR) is 79.7 cm³/mol. The fourth-order valence-corrected chi connectivity index (χ4v) is 2.09. The third-order valence-corrected chi connectivity index (χ3v) is 3.36. The molecule has 0 aromatic heterocycles. The molecule has 1 amide bonds. The van der Waals surface area contributed by atoms with Crippen LogP contribution in [0, 0.1) is 5.92 Å². The second-order valence-corrected chi connectivity index (χ2v) is 4.77. The summed E-state index contributed by atoms with van der Waals surface area (Å²) in [6.45, 7) is 4.11. The normalized spacial score (nSPS) is 11.8. The molecule has 0 saturated carbocycles. The molecule has 0 aliphatic heterocycles. The number of esters is 1. The van der Waals surface area contributed by atoms with Gasteiger partial charge in [-0.15, -0.1) is 0 Å². The van der Waals surface area contributed by atoms with Crippen LogP contribution in [0.2, 0.25) is 0 Å². The van der Waals surface area contributed by atoms with Crippen LogP contribution in [0.1, 0.15) is 49.9 Å². The molecule has 1 aromatic carbocycles. The van der Waals surface area contributed by atoms with Gasteiger partial charge in [0.1, 0.15) is 0 Å². The van der Waals surface area contributed by atoms with E-state index in [9.17, 15) is 9.59 Å². The van der Waals surface area contributed by atoms with E-state index in [4.69, 9.17) is 4.74 Å². The molecule has 0 spiro atoms. The number of methoxy groups -OCH3 is 1. The van der Waals surface area contributed by atoms with Crippen molar-refractivity contribution in [2.75, 3.05) is 12.4 Å². The number of carbonyl (C=O) groups excluding carboxylic acids is 2. The van der Waals surface area contributed by atoms with Gasteiger partial charge in [-0.25, -0.2) is 4.79 Å². The van der Waals surface area contributed by atoms with Gasteiger partial charge < -0.3 is 10.1 Å². The van der Waals surface area contributed by atoms with Crippen LogP contribution < -0.4 is 5.32 Å². The van der Waals surface area contributed by atoms with E-state index in [0.29, 0.717) is 11.3 Å². The van der Waals surface area contributed by atoms with Gasteiger partial charge in [0.2, 0.25) is 5.91 Å². The van der Waals surface area contributed by atoms with Crippen LogP contribution in [-0.2, 0) is 9.53 Å². The van der Waals surface area contributed by atoms with E-state index in [-0.39, 0.29) is 11.8 Å². The van der Waals surface area contributed by atoms with E-state index in [2.05, 4.69) is 12.2 Å². The van der Waals surface area contributed by atoms with Gasteiger partial charge in [0.05, 0.1) is 18.4 Å². The number of rotatable bonds is 7. The van der Waals surface area contributed by atoms with E-state index < -0.39 is 5.97 Å². The van der Waals surface area contributed by atoms with Crippen molar-refractivity contribution in [1.82, 2.24) is 0 Å². The van der Waals surface area contributed by atoms with Gasteiger partial charge in [0.15, 0.2) is 0 Å². The predicted octanol–water partition coefficient (Wildman–Crippen LogP) is 3.63. The first kappa shape index (κ1) is 16.2. The van der Waals surface area contributed by atoms with Crippen molar-refractivity contribution in [1.29, 1.82) is 0 Å². The van der Waals surface area contributed by atoms with Crippen LogP contribution in [0.15, 0.2) is 24.3 Å². The SMILES string of the molecule is CCCC[C@@H](CC)C(=O)Nc1ccccc1C(=O)OC. The summed E-state index contributed by atoms with van der Waals surface area (Å²) in [6, 6.07) is 6.90. The van der Waals surface area contributed by atoms with Gasteiger partial charge in [0.25, 0.3) is 0 Å². The Kier molecular flexibility index (Phi) is 6.77. The van der Waals surface area contributed by atoms with E-state index in [1.807, 2.05) is 6.92 Å². The molecule has 0 heterocycles. The van der Waals surface area contributed by atoms with Crippen molar-refractivity contribution in [2.45, 2.75) is 39.5 Å². The number of benzene rings is 1. The molecular formula is C16H23NO3. The lowest BCUT2D eigenvalue weighted by atomic mass is 9.98. The van der Waals surface area contributed by atoms with E-state index in [1.165, 1.54) is 7.11 Å². The number of anilines is 1. The maximum absolute atomic E-state index is 12.2. The number of hydrogen-bond acceptors (Lipinski definition) is 3. The average Bonchev–Trinajstić information content (AvgIpc) is 2.47. The zero-order valence-corrected chi connectivity index (χ0v) is 12.4. The third-order valence-electron chi connectivity index (χ3n) is 3.36. The highest BCUT2D eigenvalue weighted by atomic mass is 16.5. The molecule has 1 N–H and O–H groups in total. The smallest absolute Gasteiger partial charge is 0.339 e. The number of amides is 1. The number of hydrogen-bond donors (Lipinski definition) is 1. The summed E-state index contributed by atoms with van der Waals surface area (Å²) in [6.07, 6.45) is 3.78. The summed E-state index contributed by atoms with van der Waals surface area (Å²) in [4.78, 5) is 23.9. The number of para-hydroxylation sites is 1. The highest BCUT2D eigenvalue weighted by Crippen LogP contribution is 2.20. The molecule has 4 heteroatoms. The fourth-order valence-electron chi connectivity index (χ4n) is 2.09. The van der Waals surface area contributed by atoms with Gasteiger partial charge >= 0.3 is 5.97 Å². The molecule has 20 heavy (non-hydrogen) atoms. The quantitative estimate of drug-likeness (QED) is 0.774. The Bertz CT molecular complexity index is 457. The molecule has 1 atom stereocenters. The molecule has 110 valence electrons. The van der Waals surface area contributed by atoms with Crippen LogP contribution in [0.25, 0.3) is 0 Å². The van der Waals surface area contributed by atoms with Crippen molar-refractivity contribution >= 4 is 17.6 Å². The topological polar surface area (TPSA) is 55.4 Å². The minimum absolute atomic E-state index is 0.0133. The maximum atomic E-state index is 12.2. The summed E-state index contributed by atoms with van der Waals surface area (Å²) in [7, 11) is 1.33. The number of nitrogens with one attached hydrogen (secondary N) is 1. The summed E-state index contributed by atoms with van der Waals surface area (Å²) < 4.78 is 4.72. The van der Waals surface area contributed by atoms with Gasteiger partial charge in [-0.05, 0) is 25.0 Å². The van der Waals surface area contributed by atoms with Crippen molar-refractivity contribution in [3.05, 3.63) is 29.8 Å². The second-order valence-electron chi connectivity index (χ2n) is 4.77. The van der Waals surface area contributed by atoms with E-state index in [0.717, 1.165) is 25.7 Å². The van der Waals surface area contributed by atoms with Crippen LogP contribution in [0.3, 0.4) is 0 Å². The minimum atomic E-state index is -0.442. The summed E-state index contributed by atoms with van der Waals surface area (Å²) in [5.74, 6) is -0.486. The van der Waals surface area contributed by atoms with Gasteiger partial charge in [-0.2, -0.15) is 0 Å². The van der Waals surface area contributed by atoms with E-state index >= 15 is 0 Å². The average molecular weight is 277 g/mol. The third kappa shape index (κ3) is 4.37. The molecular weight excluding hydrogens is 254 g/mol. The highest BCUT2D eigenvalue weighted by molar-refractivity contribution is 6.01. The summed E-state index contributed by atoms with van der Waals surface area (Å²) in [5.41, 5.74) is 0.896. The number of carbonyl (C=O) groups is 2. The Balaban J connectivity index is 2.81. The Morgan fingerprint density at radius 1 is 1.25 bits per heavy atom. The molecule has 0 fully saturated rings. The van der Waals surface area contributed by atoms with Crippen molar-refractivity contribution in [2.24, 2.45) is 5.92 Å². The van der Waals surface area contributed by atoms with Crippen molar-refractivity contribution < 1.29 is 14.3 Å². The second kappa shape index (κ2) is 8.35. The summed E-state index contributed by atoms with van der Waals surface area (Å²) >= 11 is 0. The molecule has 0 aliphatic carbocycles. The first-order chi connectivity index (χ1) is 9.63. The van der Waals surface area contributed by atoms with Crippen LogP contribution in [0.5, 0.6) is 0 Å². The largest absolute Gasteiger partial charge is 0.465 e. The Hall–Kier alpha value is -1.84. The fraction of sp³-hybridized carbons (Fsp3) is 0.500. The molecule has 0 aliphatic rings. The number of unbranched alkanes of at least 4 members (excludes halogenated alkanes) is 1. The van der Waals surface area contributed by atoms with E-state index in [1.54, 1.807) is 24.3 Å². The molecule has 0 saturated heterocycles. The maximum Gasteiger partial charge on any atom is 0.339 e. The first-order valence-electron chi connectivity index (χ1n) is 7.12. The van der Waals surface area contributed by atoms with Gasteiger partial charge in [-0.3, -0.25) is 4.79 Å². The lowest BCUT2D eigenvalue weighted by Gasteiger charge is -2.16. The first-order valence-corrected chi connectivity index (χ1v) is 7.12. The number of ether oxygens (including phenoxy) is 1. The Morgan fingerprint density at radius 3 is 2.55 bits per heavy atom. The molecule has 4 nitrogen and oxygen atoms in total. The van der Waals surface area contributed by atoms with Crippen LogP contribution >= 0.6 is 0 Å². The Morgan fingerprint density at radius 2 is 1.95 bits per heavy atom. The Labute approximate surface area is 120 Å². The standard InChI is InChI=1S/C16H23NO3/c1-4-6-9-12(5-2)15(18)17-14-11-8-7-10-13(14)16(19)20-3/h7-8,10-12H,4-6,9H2,1-3H3,(H,17,18)/t12-/m1/s1.